The number of likely N-dealkylation sites (tertiary alicyclic amines) is 1. The van der Waals surface area contributed by atoms with Crippen LogP contribution in [0.25, 0.3) is 0 Å². The van der Waals surface area contributed by atoms with E-state index in [-0.39, 0.29) is 24.1 Å². The number of benzene rings is 1. The number of carbonyl (C=O) groups is 3. The first-order chi connectivity index (χ1) is 13.6. The summed E-state index contributed by atoms with van der Waals surface area (Å²) < 4.78 is 0. The maximum Gasteiger partial charge on any atom is 0.255 e. The lowest BCUT2D eigenvalue weighted by atomic mass is 9.92. The first-order valence-electron chi connectivity index (χ1n) is 10.3. The smallest absolute Gasteiger partial charge is 0.255 e. The lowest BCUT2D eigenvalue weighted by Gasteiger charge is -2.35. The van der Waals surface area contributed by atoms with Crippen molar-refractivity contribution in [2.75, 3.05) is 19.6 Å². The SMILES string of the molecule is O=C1CCC(N2Cc3ccc(CN4CCC5CCNC5C4)cc3C2=O)C(=O)N1. The highest BCUT2D eigenvalue weighted by molar-refractivity contribution is 6.05. The predicted octanol–water partition coefficient (Wildman–Crippen LogP) is 0.631. The molecule has 3 amide bonds. The number of carbonyl (C=O) groups excluding carboxylic acids is 3. The van der Waals surface area contributed by atoms with Crippen molar-refractivity contribution in [1.82, 2.24) is 20.4 Å². The van der Waals surface area contributed by atoms with Crippen LogP contribution in [0.15, 0.2) is 18.2 Å². The van der Waals surface area contributed by atoms with E-state index in [1.807, 2.05) is 12.1 Å². The Morgan fingerprint density at radius 1 is 1.11 bits per heavy atom. The summed E-state index contributed by atoms with van der Waals surface area (Å²) in [7, 11) is 0. The van der Waals surface area contributed by atoms with Gasteiger partial charge in [0.05, 0.1) is 0 Å². The summed E-state index contributed by atoms with van der Waals surface area (Å²) >= 11 is 0. The summed E-state index contributed by atoms with van der Waals surface area (Å²) in [6.07, 6.45) is 3.22. The average molecular weight is 382 g/mol. The summed E-state index contributed by atoms with van der Waals surface area (Å²) in [4.78, 5) is 40.6. The van der Waals surface area contributed by atoms with E-state index >= 15 is 0 Å². The first kappa shape index (κ1) is 17.8. The van der Waals surface area contributed by atoms with Crippen LogP contribution >= 0.6 is 0 Å². The molecular formula is C21H26N4O3. The van der Waals surface area contributed by atoms with Crippen LogP contribution in [0.1, 0.15) is 47.2 Å². The van der Waals surface area contributed by atoms with Crippen LogP contribution in [0.2, 0.25) is 0 Å². The van der Waals surface area contributed by atoms with E-state index in [1.165, 1.54) is 12.8 Å². The number of hydrogen-bond donors (Lipinski definition) is 2. The van der Waals surface area contributed by atoms with Crippen LogP contribution in [-0.2, 0) is 22.7 Å². The average Bonchev–Trinajstić information content (AvgIpc) is 3.26. The van der Waals surface area contributed by atoms with Gasteiger partial charge in [-0.1, -0.05) is 12.1 Å². The maximum absolute atomic E-state index is 13.0. The second-order valence-corrected chi connectivity index (χ2v) is 8.52. The lowest BCUT2D eigenvalue weighted by Crippen LogP contribution is -2.52. The highest BCUT2D eigenvalue weighted by Crippen LogP contribution is 2.30. The molecule has 7 nitrogen and oxygen atoms in total. The van der Waals surface area contributed by atoms with Gasteiger partial charge in [0.15, 0.2) is 0 Å². The molecule has 0 aromatic heterocycles. The number of piperidine rings is 2. The van der Waals surface area contributed by atoms with E-state index in [9.17, 15) is 14.4 Å². The van der Waals surface area contributed by atoms with Crippen LogP contribution in [0.3, 0.4) is 0 Å². The fourth-order valence-corrected chi connectivity index (χ4v) is 5.20. The normalized spacial score (nSPS) is 30.4. The third-order valence-corrected chi connectivity index (χ3v) is 6.76. The molecule has 148 valence electrons. The summed E-state index contributed by atoms with van der Waals surface area (Å²) in [5.74, 6) is 0.111. The second-order valence-electron chi connectivity index (χ2n) is 8.52. The van der Waals surface area contributed by atoms with Gasteiger partial charge in [-0.25, -0.2) is 0 Å². The van der Waals surface area contributed by atoms with Crippen molar-refractivity contribution in [2.45, 2.75) is 50.9 Å². The molecule has 0 saturated carbocycles. The van der Waals surface area contributed by atoms with Gasteiger partial charge in [0.1, 0.15) is 6.04 Å². The number of imide groups is 1. The van der Waals surface area contributed by atoms with Gasteiger partial charge >= 0.3 is 0 Å². The van der Waals surface area contributed by atoms with E-state index in [4.69, 9.17) is 0 Å². The number of nitrogens with zero attached hydrogens (tertiary/aromatic N) is 2. The number of amides is 3. The standard InChI is InChI=1S/C21H26N4O3/c26-19-4-3-18(20(27)23-19)25-11-15-2-1-13(9-16(15)21(25)28)10-24-8-6-14-5-7-22-17(14)12-24/h1-2,9,14,17-18,22H,3-8,10-12H2,(H,23,26,27). The van der Waals surface area contributed by atoms with E-state index in [0.29, 0.717) is 24.6 Å². The molecule has 1 aromatic carbocycles. The molecule has 4 heterocycles. The quantitative estimate of drug-likeness (QED) is 0.750. The summed E-state index contributed by atoms with van der Waals surface area (Å²) in [5.41, 5.74) is 2.82. The summed E-state index contributed by atoms with van der Waals surface area (Å²) in [6, 6.07) is 6.18. The lowest BCUT2D eigenvalue weighted by molar-refractivity contribution is -0.136. The van der Waals surface area contributed by atoms with Crippen LogP contribution in [0.5, 0.6) is 0 Å². The maximum atomic E-state index is 13.0. The van der Waals surface area contributed by atoms with E-state index < -0.39 is 6.04 Å². The minimum Gasteiger partial charge on any atom is -0.322 e. The zero-order valence-corrected chi connectivity index (χ0v) is 15.9. The number of fused-ring (bicyclic) bond motifs is 2. The molecule has 0 aliphatic carbocycles. The number of rotatable bonds is 3. The molecule has 28 heavy (non-hydrogen) atoms. The Hall–Kier alpha value is -2.25. The molecule has 0 spiro atoms. The minimum atomic E-state index is -0.548. The molecule has 7 heteroatoms. The third-order valence-electron chi connectivity index (χ3n) is 6.76. The molecule has 0 bridgehead atoms. The largest absolute Gasteiger partial charge is 0.322 e. The van der Waals surface area contributed by atoms with Crippen molar-refractivity contribution >= 4 is 17.7 Å². The molecule has 5 rings (SSSR count). The van der Waals surface area contributed by atoms with E-state index in [2.05, 4.69) is 21.6 Å². The van der Waals surface area contributed by atoms with Gasteiger partial charge in [-0.05, 0) is 55.5 Å². The van der Waals surface area contributed by atoms with Crippen LogP contribution in [0, 0.1) is 5.92 Å². The number of nitrogens with one attached hydrogen (secondary N) is 2. The fourth-order valence-electron chi connectivity index (χ4n) is 5.20. The molecule has 3 fully saturated rings. The molecular weight excluding hydrogens is 356 g/mol. The Balaban J connectivity index is 1.28. The predicted molar refractivity (Wildman–Crippen MR) is 102 cm³/mol. The van der Waals surface area contributed by atoms with Gasteiger partial charge in [0, 0.05) is 37.7 Å². The van der Waals surface area contributed by atoms with Gasteiger partial charge in [0.2, 0.25) is 11.8 Å². The zero-order chi connectivity index (χ0) is 19.3. The Kier molecular flexibility index (Phi) is 4.44. The topological polar surface area (TPSA) is 81.8 Å². The Labute approximate surface area is 164 Å². The first-order valence-corrected chi connectivity index (χ1v) is 10.3. The molecule has 4 aliphatic rings. The van der Waals surface area contributed by atoms with Crippen LogP contribution < -0.4 is 10.6 Å². The van der Waals surface area contributed by atoms with Crippen molar-refractivity contribution in [1.29, 1.82) is 0 Å². The van der Waals surface area contributed by atoms with Crippen LogP contribution in [-0.4, -0.2) is 59.2 Å². The fraction of sp³-hybridized carbons (Fsp3) is 0.571. The third kappa shape index (κ3) is 3.12. The summed E-state index contributed by atoms with van der Waals surface area (Å²) in [6.45, 7) is 4.60. The van der Waals surface area contributed by atoms with Gasteiger partial charge < -0.3 is 10.2 Å². The Bertz CT molecular complexity index is 839. The molecule has 3 unspecified atom stereocenters. The molecule has 0 radical (unpaired) electrons. The Morgan fingerprint density at radius 3 is 2.86 bits per heavy atom. The molecule has 3 atom stereocenters. The minimum absolute atomic E-state index is 0.0949. The van der Waals surface area contributed by atoms with Crippen molar-refractivity contribution in [3.8, 4) is 0 Å². The molecule has 1 aromatic rings. The monoisotopic (exact) mass is 382 g/mol. The molecule has 2 N–H and O–H groups in total. The van der Waals surface area contributed by atoms with Gasteiger partial charge in [0.25, 0.3) is 5.91 Å². The van der Waals surface area contributed by atoms with E-state index in [1.54, 1.807) is 4.90 Å². The van der Waals surface area contributed by atoms with E-state index in [0.717, 1.165) is 43.2 Å². The van der Waals surface area contributed by atoms with Crippen LogP contribution in [0.4, 0.5) is 0 Å². The van der Waals surface area contributed by atoms with Crippen molar-refractivity contribution in [3.63, 3.8) is 0 Å². The highest BCUT2D eigenvalue weighted by atomic mass is 16.2. The molecule has 3 saturated heterocycles. The highest BCUT2D eigenvalue weighted by Gasteiger charge is 2.39. The van der Waals surface area contributed by atoms with Gasteiger partial charge in [-0.3, -0.25) is 24.6 Å². The van der Waals surface area contributed by atoms with Crippen molar-refractivity contribution < 1.29 is 14.4 Å². The van der Waals surface area contributed by atoms with Crippen molar-refractivity contribution in [3.05, 3.63) is 34.9 Å². The van der Waals surface area contributed by atoms with Gasteiger partial charge in [-0.2, -0.15) is 0 Å². The number of hydrogen-bond acceptors (Lipinski definition) is 5. The van der Waals surface area contributed by atoms with Gasteiger partial charge in [-0.15, -0.1) is 0 Å². The molecule has 4 aliphatic heterocycles. The van der Waals surface area contributed by atoms with Crippen molar-refractivity contribution in [2.24, 2.45) is 5.92 Å². The summed E-state index contributed by atoms with van der Waals surface area (Å²) in [5, 5.41) is 5.96. The Morgan fingerprint density at radius 2 is 2.00 bits per heavy atom. The second kappa shape index (κ2) is 6.97. The zero-order valence-electron chi connectivity index (χ0n) is 15.9.